The van der Waals surface area contributed by atoms with Crippen LogP contribution in [0.4, 0.5) is 5.69 Å². The Balaban J connectivity index is 1.96. The number of hydrogen-bond donors (Lipinski definition) is 1. The van der Waals surface area contributed by atoms with Crippen LogP contribution in [0.1, 0.15) is 12.0 Å². The van der Waals surface area contributed by atoms with Gasteiger partial charge in [-0.25, -0.2) is 0 Å². The summed E-state index contributed by atoms with van der Waals surface area (Å²) in [6.07, 6.45) is 0.460. The summed E-state index contributed by atoms with van der Waals surface area (Å²) in [7, 11) is 1.62. The van der Waals surface area contributed by atoms with Gasteiger partial charge in [-0.05, 0) is 18.2 Å². The van der Waals surface area contributed by atoms with E-state index in [1.54, 1.807) is 30.2 Å². The molecular weight excluding hydrogens is 278 g/mol. The molecule has 0 aliphatic carbocycles. The maximum Gasteiger partial charge on any atom is 0.224 e. The van der Waals surface area contributed by atoms with Gasteiger partial charge < -0.3 is 15.0 Å². The van der Waals surface area contributed by atoms with Gasteiger partial charge in [-0.2, -0.15) is 5.26 Å². The van der Waals surface area contributed by atoms with Crippen molar-refractivity contribution in [1.29, 1.82) is 5.26 Å². The highest BCUT2D eigenvalue weighted by molar-refractivity contribution is 6.32. The third-order valence-electron chi connectivity index (χ3n) is 3.24. The number of nitrogens with zero attached hydrogens (tertiary/aromatic N) is 2. The Morgan fingerprint density at radius 1 is 1.60 bits per heavy atom. The molecular formula is C14H16ClN3O2. The lowest BCUT2D eigenvalue weighted by Gasteiger charge is -2.17. The van der Waals surface area contributed by atoms with Crippen LogP contribution in [0.5, 0.6) is 0 Å². The molecule has 1 aromatic rings. The second kappa shape index (κ2) is 6.60. The number of carbonyl (C=O) groups excluding carboxylic acids is 1. The van der Waals surface area contributed by atoms with Crippen molar-refractivity contribution in [2.75, 3.05) is 32.1 Å². The number of benzene rings is 1. The number of rotatable bonds is 5. The summed E-state index contributed by atoms with van der Waals surface area (Å²) in [4.78, 5) is 13.6. The quantitative estimate of drug-likeness (QED) is 0.900. The monoisotopic (exact) mass is 293 g/mol. The van der Waals surface area contributed by atoms with E-state index in [0.29, 0.717) is 36.7 Å². The molecule has 0 unspecified atom stereocenters. The first-order valence-electron chi connectivity index (χ1n) is 6.37. The molecule has 5 nitrogen and oxygen atoms in total. The zero-order valence-corrected chi connectivity index (χ0v) is 12.0. The van der Waals surface area contributed by atoms with E-state index in [0.717, 1.165) is 5.69 Å². The van der Waals surface area contributed by atoms with E-state index in [2.05, 4.69) is 5.32 Å². The topological polar surface area (TPSA) is 65.4 Å². The van der Waals surface area contributed by atoms with E-state index < -0.39 is 0 Å². The van der Waals surface area contributed by atoms with Gasteiger partial charge in [0.05, 0.1) is 23.2 Å². The minimum Gasteiger partial charge on any atom is -0.383 e. The van der Waals surface area contributed by atoms with Crippen molar-refractivity contribution in [2.24, 2.45) is 0 Å². The van der Waals surface area contributed by atoms with Crippen molar-refractivity contribution in [3.63, 3.8) is 0 Å². The highest BCUT2D eigenvalue weighted by atomic mass is 35.5. The fourth-order valence-electron chi connectivity index (χ4n) is 2.22. The SMILES string of the molecule is COCCN1C[C@@H](Nc2ccc(C#N)c(Cl)c2)CC1=O. The van der Waals surface area contributed by atoms with Crippen molar-refractivity contribution in [3.8, 4) is 6.07 Å². The van der Waals surface area contributed by atoms with E-state index >= 15 is 0 Å². The number of amides is 1. The van der Waals surface area contributed by atoms with Crippen LogP contribution in [0.2, 0.25) is 5.02 Å². The molecule has 2 rings (SSSR count). The summed E-state index contributed by atoms with van der Waals surface area (Å²) in [6, 6.07) is 7.26. The van der Waals surface area contributed by atoms with E-state index in [1.807, 2.05) is 6.07 Å². The first-order chi connectivity index (χ1) is 9.63. The van der Waals surface area contributed by atoms with E-state index in [-0.39, 0.29) is 11.9 Å². The lowest BCUT2D eigenvalue weighted by Crippen LogP contribution is -2.30. The second-order valence-corrected chi connectivity index (χ2v) is 5.09. The van der Waals surface area contributed by atoms with E-state index in [1.165, 1.54) is 0 Å². The molecule has 1 fully saturated rings. The third-order valence-corrected chi connectivity index (χ3v) is 3.55. The summed E-state index contributed by atoms with van der Waals surface area (Å²) in [6.45, 7) is 1.81. The Hall–Kier alpha value is -1.77. The van der Waals surface area contributed by atoms with Gasteiger partial charge in [0.25, 0.3) is 0 Å². The summed E-state index contributed by atoms with van der Waals surface area (Å²) >= 11 is 5.98. The van der Waals surface area contributed by atoms with Crippen LogP contribution in [0.25, 0.3) is 0 Å². The number of ether oxygens (including phenoxy) is 1. The average Bonchev–Trinajstić information content (AvgIpc) is 2.76. The Morgan fingerprint density at radius 2 is 2.40 bits per heavy atom. The summed E-state index contributed by atoms with van der Waals surface area (Å²) < 4.78 is 4.98. The molecule has 1 N–H and O–H groups in total. The van der Waals surface area contributed by atoms with Crippen molar-refractivity contribution in [3.05, 3.63) is 28.8 Å². The Bertz CT molecular complexity index is 542. The van der Waals surface area contributed by atoms with Gasteiger partial charge in [0.15, 0.2) is 0 Å². The second-order valence-electron chi connectivity index (χ2n) is 4.68. The highest BCUT2D eigenvalue weighted by Crippen LogP contribution is 2.22. The number of likely N-dealkylation sites (tertiary alicyclic amines) is 1. The normalized spacial score (nSPS) is 18.1. The molecule has 0 aromatic heterocycles. The molecule has 106 valence electrons. The highest BCUT2D eigenvalue weighted by Gasteiger charge is 2.29. The molecule has 1 aliphatic rings. The molecule has 0 spiro atoms. The molecule has 6 heteroatoms. The number of hydrogen-bond acceptors (Lipinski definition) is 4. The maximum absolute atomic E-state index is 11.8. The standard InChI is InChI=1S/C14H16ClN3O2/c1-20-5-4-18-9-12(7-14(18)19)17-11-3-2-10(8-16)13(15)6-11/h2-3,6,12,17H,4-5,7,9H2,1H3/t12-/m0/s1. The van der Waals surface area contributed by atoms with Gasteiger partial charge in [-0.3, -0.25) is 4.79 Å². The van der Waals surface area contributed by atoms with E-state index in [9.17, 15) is 4.79 Å². The van der Waals surface area contributed by atoms with Crippen molar-refractivity contribution >= 4 is 23.2 Å². The van der Waals surface area contributed by atoms with Crippen molar-refractivity contribution in [1.82, 2.24) is 4.90 Å². The molecule has 0 bridgehead atoms. The molecule has 1 aromatic carbocycles. The van der Waals surface area contributed by atoms with Crippen molar-refractivity contribution in [2.45, 2.75) is 12.5 Å². The van der Waals surface area contributed by atoms with Crippen LogP contribution in [-0.4, -0.2) is 43.7 Å². The largest absolute Gasteiger partial charge is 0.383 e. The summed E-state index contributed by atoms with van der Waals surface area (Å²) in [5.41, 5.74) is 1.27. The number of carbonyl (C=O) groups is 1. The zero-order valence-electron chi connectivity index (χ0n) is 11.2. The van der Waals surface area contributed by atoms with Gasteiger partial charge in [0, 0.05) is 32.3 Å². The average molecular weight is 294 g/mol. The smallest absolute Gasteiger partial charge is 0.224 e. The maximum atomic E-state index is 11.8. The molecule has 1 aliphatic heterocycles. The van der Waals surface area contributed by atoms with Crippen LogP contribution < -0.4 is 5.32 Å². The molecule has 0 saturated carbocycles. The van der Waals surface area contributed by atoms with Gasteiger partial charge in [-0.1, -0.05) is 11.6 Å². The number of nitriles is 1. The molecule has 1 saturated heterocycles. The van der Waals surface area contributed by atoms with E-state index in [4.69, 9.17) is 21.6 Å². The Labute approximate surface area is 123 Å². The number of nitrogens with one attached hydrogen (secondary N) is 1. The Morgan fingerprint density at radius 3 is 3.05 bits per heavy atom. The summed E-state index contributed by atoms with van der Waals surface area (Å²) in [5.74, 6) is 0.124. The van der Waals surface area contributed by atoms with Crippen molar-refractivity contribution < 1.29 is 9.53 Å². The van der Waals surface area contributed by atoms with Gasteiger partial charge >= 0.3 is 0 Å². The van der Waals surface area contributed by atoms with Crippen LogP contribution in [0.15, 0.2) is 18.2 Å². The first kappa shape index (κ1) is 14.6. The van der Waals surface area contributed by atoms with Crippen LogP contribution in [0, 0.1) is 11.3 Å². The minimum atomic E-state index is 0.0587. The lowest BCUT2D eigenvalue weighted by molar-refractivity contribution is -0.128. The molecule has 0 radical (unpaired) electrons. The summed E-state index contributed by atoms with van der Waals surface area (Å²) in [5, 5.41) is 12.5. The predicted octanol–water partition coefficient (Wildman–Crippen LogP) is 1.87. The predicted molar refractivity (Wildman–Crippen MR) is 76.7 cm³/mol. The van der Waals surface area contributed by atoms with Gasteiger partial charge in [-0.15, -0.1) is 0 Å². The lowest BCUT2D eigenvalue weighted by atomic mass is 10.2. The van der Waals surface area contributed by atoms with Gasteiger partial charge in [0.1, 0.15) is 6.07 Å². The van der Waals surface area contributed by atoms with Crippen LogP contribution in [-0.2, 0) is 9.53 Å². The third kappa shape index (κ3) is 3.41. The van der Waals surface area contributed by atoms with Crippen LogP contribution >= 0.6 is 11.6 Å². The molecule has 20 heavy (non-hydrogen) atoms. The fraction of sp³-hybridized carbons (Fsp3) is 0.429. The molecule has 1 heterocycles. The number of halogens is 1. The number of anilines is 1. The first-order valence-corrected chi connectivity index (χ1v) is 6.74. The molecule has 1 amide bonds. The Kier molecular flexibility index (Phi) is 4.83. The van der Waals surface area contributed by atoms with Gasteiger partial charge in [0.2, 0.25) is 5.91 Å². The minimum absolute atomic E-state index is 0.0587. The fourth-order valence-corrected chi connectivity index (χ4v) is 2.44. The zero-order chi connectivity index (χ0) is 14.5. The number of methoxy groups -OCH3 is 1. The van der Waals surface area contributed by atoms with Crippen LogP contribution in [0.3, 0.4) is 0 Å². The molecule has 1 atom stereocenters.